The van der Waals surface area contributed by atoms with Crippen LogP contribution in [-0.4, -0.2) is 17.4 Å². The molecule has 14 heavy (non-hydrogen) atoms. The number of benzene rings is 1. The highest BCUT2D eigenvalue weighted by Crippen LogP contribution is 2.23. The number of hydrogen-bond acceptors (Lipinski definition) is 1. The molecule has 1 aromatic rings. The third-order valence-corrected chi connectivity index (χ3v) is 1.75. The molecule has 78 valence electrons. The second-order valence-corrected chi connectivity index (χ2v) is 2.85. The van der Waals surface area contributed by atoms with E-state index in [4.69, 9.17) is 5.11 Å². The van der Waals surface area contributed by atoms with E-state index in [9.17, 15) is 17.6 Å². The van der Waals surface area contributed by atoms with Crippen molar-refractivity contribution in [1.82, 2.24) is 0 Å². The highest BCUT2D eigenvalue weighted by molar-refractivity contribution is 5.18. The van der Waals surface area contributed by atoms with E-state index in [0.29, 0.717) is 0 Å². The van der Waals surface area contributed by atoms with Gasteiger partial charge in [-0.2, -0.15) is 13.2 Å². The smallest absolute Gasteiger partial charge is 0.383 e. The lowest BCUT2D eigenvalue weighted by Gasteiger charge is -2.14. The zero-order valence-corrected chi connectivity index (χ0v) is 7.05. The summed E-state index contributed by atoms with van der Waals surface area (Å²) in [6.45, 7) is 0. The molecule has 0 radical (unpaired) electrons. The van der Waals surface area contributed by atoms with Gasteiger partial charge in [0.25, 0.3) is 0 Å². The van der Waals surface area contributed by atoms with E-state index >= 15 is 0 Å². The lowest BCUT2D eigenvalue weighted by molar-refractivity contribution is -0.203. The minimum Gasteiger partial charge on any atom is -0.383 e. The van der Waals surface area contributed by atoms with E-state index in [1.54, 1.807) is 0 Å². The summed E-state index contributed by atoms with van der Waals surface area (Å²) in [5.74, 6) is -0.740. The Balaban J connectivity index is 2.75. The van der Waals surface area contributed by atoms with Crippen molar-refractivity contribution in [1.29, 1.82) is 0 Å². The summed E-state index contributed by atoms with van der Waals surface area (Å²) in [6.07, 6.45) is -7.97. The molecular formula is C9H8F4O. The third kappa shape index (κ3) is 2.70. The molecule has 0 aliphatic heterocycles. The van der Waals surface area contributed by atoms with Crippen molar-refractivity contribution in [2.45, 2.75) is 18.7 Å². The van der Waals surface area contributed by atoms with Gasteiger partial charge in [-0.1, -0.05) is 18.2 Å². The number of aliphatic hydroxyl groups is 1. The van der Waals surface area contributed by atoms with Crippen LogP contribution in [0.4, 0.5) is 17.6 Å². The minimum absolute atomic E-state index is 0.141. The Morgan fingerprint density at radius 3 is 2.29 bits per heavy atom. The van der Waals surface area contributed by atoms with Gasteiger partial charge >= 0.3 is 6.18 Å². The highest BCUT2D eigenvalue weighted by atomic mass is 19.4. The van der Waals surface area contributed by atoms with E-state index in [2.05, 4.69) is 0 Å². The summed E-state index contributed by atoms with van der Waals surface area (Å²) in [4.78, 5) is 0. The van der Waals surface area contributed by atoms with Crippen LogP contribution < -0.4 is 0 Å². The molecule has 5 heteroatoms. The summed E-state index contributed by atoms with van der Waals surface area (Å²) < 4.78 is 48.5. The van der Waals surface area contributed by atoms with Crippen LogP contribution in [0.5, 0.6) is 0 Å². The molecule has 1 unspecified atom stereocenters. The summed E-state index contributed by atoms with van der Waals surface area (Å²) >= 11 is 0. The van der Waals surface area contributed by atoms with E-state index in [1.807, 2.05) is 0 Å². The first-order valence-electron chi connectivity index (χ1n) is 3.89. The summed E-state index contributed by atoms with van der Waals surface area (Å²) in [5, 5.41) is 8.67. The predicted octanol–water partition coefficient (Wildman–Crippen LogP) is 2.29. The van der Waals surface area contributed by atoms with E-state index in [0.717, 1.165) is 6.07 Å². The molecule has 0 aliphatic rings. The molecule has 0 saturated carbocycles. The van der Waals surface area contributed by atoms with Crippen LogP contribution in [0.15, 0.2) is 24.3 Å². The van der Waals surface area contributed by atoms with Gasteiger partial charge in [0, 0.05) is 6.42 Å². The highest BCUT2D eigenvalue weighted by Gasteiger charge is 2.38. The van der Waals surface area contributed by atoms with Gasteiger partial charge in [0.1, 0.15) is 5.82 Å². The van der Waals surface area contributed by atoms with E-state index < -0.39 is 24.5 Å². The van der Waals surface area contributed by atoms with Crippen molar-refractivity contribution in [2.24, 2.45) is 0 Å². The normalized spacial score (nSPS) is 14.1. The van der Waals surface area contributed by atoms with Crippen LogP contribution in [0, 0.1) is 5.82 Å². The Kier molecular flexibility index (Phi) is 3.10. The summed E-state index contributed by atoms with van der Waals surface area (Å²) in [7, 11) is 0. The Morgan fingerprint density at radius 2 is 1.79 bits per heavy atom. The SMILES string of the molecule is OC(Cc1ccccc1F)C(F)(F)F. The molecular weight excluding hydrogens is 200 g/mol. The van der Waals surface area contributed by atoms with Crippen LogP contribution in [-0.2, 0) is 6.42 Å². The fourth-order valence-corrected chi connectivity index (χ4v) is 0.988. The summed E-state index contributed by atoms with van der Waals surface area (Å²) in [6, 6.07) is 5.06. The maximum atomic E-state index is 12.9. The van der Waals surface area contributed by atoms with E-state index in [-0.39, 0.29) is 5.56 Å². The van der Waals surface area contributed by atoms with Crippen molar-refractivity contribution in [3.05, 3.63) is 35.6 Å². The number of alkyl halides is 3. The topological polar surface area (TPSA) is 20.2 Å². The molecule has 1 N–H and O–H groups in total. The monoisotopic (exact) mass is 208 g/mol. The largest absolute Gasteiger partial charge is 0.414 e. The van der Waals surface area contributed by atoms with Gasteiger partial charge in [0.2, 0.25) is 0 Å². The fourth-order valence-electron chi connectivity index (χ4n) is 0.988. The molecule has 0 aliphatic carbocycles. The van der Waals surface area contributed by atoms with Crippen LogP contribution in [0.25, 0.3) is 0 Å². The molecule has 0 amide bonds. The number of aliphatic hydroxyl groups excluding tert-OH is 1. The van der Waals surface area contributed by atoms with Crippen LogP contribution in [0.2, 0.25) is 0 Å². The van der Waals surface area contributed by atoms with Gasteiger partial charge in [0.05, 0.1) is 0 Å². The first-order valence-corrected chi connectivity index (χ1v) is 3.89. The lowest BCUT2D eigenvalue weighted by Crippen LogP contribution is -2.30. The van der Waals surface area contributed by atoms with E-state index in [1.165, 1.54) is 18.2 Å². The van der Waals surface area contributed by atoms with Gasteiger partial charge in [-0.3, -0.25) is 0 Å². The van der Waals surface area contributed by atoms with Crippen molar-refractivity contribution in [3.63, 3.8) is 0 Å². The molecule has 0 spiro atoms. The number of hydrogen-bond donors (Lipinski definition) is 1. The molecule has 1 nitrogen and oxygen atoms in total. The maximum Gasteiger partial charge on any atom is 0.414 e. The van der Waals surface area contributed by atoms with Crippen molar-refractivity contribution < 1.29 is 22.7 Å². The molecule has 1 atom stereocenters. The Hall–Kier alpha value is -1.10. The molecule has 0 fully saturated rings. The second-order valence-electron chi connectivity index (χ2n) is 2.85. The van der Waals surface area contributed by atoms with Gasteiger partial charge in [-0.25, -0.2) is 4.39 Å². The molecule has 0 heterocycles. The molecule has 0 saturated heterocycles. The second kappa shape index (κ2) is 3.96. The Morgan fingerprint density at radius 1 is 1.21 bits per heavy atom. The molecule has 1 rings (SSSR count). The van der Waals surface area contributed by atoms with Gasteiger partial charge in [0.15, 0.2) is 6.10 Å². The van der Waals surface area contributed by atoms with Crippen molar-refractivity contribution >= 4 is 0 Å². The van der Waals surface area contributed by atoms with Crippen molar-refractivity contribution in [3.8, 4) is 0 Å². The molecule has 1 aromatic carbocycles. The lowest BCUT2D eigenvalue weighted by atomic mass is 10.1. The predicted molar refractivity (Wildman–Crippen MR) is 42.2 cm³/mol. The average Bonchev–Trinajstić information content (AvgIpc) is 2.07. The van der Waals surface area contributed by atoms with Gasteiger partial charge in [-0.15, -0.1) is 0 Å². The minimum atomic E-state index is -4.71. The quantitative estimate of drug-likeness (QED) is 0.739. The first-order chi connectivity index (χ1) is 6.41. The fraction of sp³-hybridized carbons (Fsp3) is 0.333. The summed E-state index contributed by atoms with van der Waals surface area (Å²) in [5.41, 5.74) is -0.141. The first kappa shape index (κ1) is 11.0. The van der Waals surface area contributed by atoms with Gasteiger partial charge in [-0.05, 0) is 11.6 Å². The van der Waals surface area contributed by atoms with Gasteiger partial charge < -0.3 is 5.11 Å². The number of halogens is 4. The zero-order chi connectivity index (χ0) is 10.8. The maximum absolute atomic E-state index is 12.9. The number of rotatable bonds is 2. The Labute approximate surface area is 78.0 Å². The Bertz CT molecular complexity index is 308. The van der Waals surface area contributed by atoms with Crippen LogP contribution in [0.3, 0.4) is 0 Å². The molecule has 0 aromatic heterocycles. The van der Waals surface area contributed by atoms with Crippen molar-refractivity contribution in [2.75, 3.05) is 0 Å². The third-order valence-electron chi connectivity index (χ3n) is 1.75. The standard InChI is InChI=1S/C9H8F4O/c10-7-4-2-1-3-6(7)5-8(14)9(11,12)13/h1-4,8,14H,5H2. The van der Waals surface area contributed by atoms with Crippen LogP contribution in [0.1, 0.15) is 5.56 Å². The molecule has 0 bridgehead atoms. The zero-order valence-electron chi connectivity index (χ0n) is 7.05. The average molecular weight is 208 g/mol. The van der Waals surface area contributed by atoms with Crippen LogP contribution >= 0.6 is 0 Å².